The second-order valence-electron chi connectivity index (χ2n) is 5.91. The van der Waals surface area contributed by atoms with Gasteiger partial charge >= 0.3 is 0 Å². The van der Waals surface area contributed by atoms with Crippen LogP contribution in [0.1, 0.15) is 12.5 Å². The third-order valence-corrected chi connectivity index (χ3v) is 4.95. The molecule has 4 nitrogen and oxygen atoms in total. The van der Waals surface area contributed by atoms with Crippen LogP contribution in [0.5, 0.6) is 0 Å². The van der Waals surface area contributed by atoms with Crippen LogP contribution in [-0.2, 0) is 12.3 Å². The second kappa shape index (κ2) is 7.70. The van der Waals surface area contributed by atoms with E-state index in [1.165, 1.54) is 6.07 Å². The Hall–Kier alpha value is -2.34. The van der Waals surface area contributed by atoms with Crippen molar-refractivity contribution in [2.45, 2.75) is 24.4 Å². The lowest BCUT2D eigenvalue weighted by atomic mass is 10.2. The molecule has 1 heterocycles. The van der Waals surface area contributed by atoms with Crippen molar-refractivity contribution in [2.75, 3.05) is 19.0 Å². The molecule has 0 saturated carbocycles. The predicted octanol–water partition coefficient (Wildman–Crippen LogP) is 4.46. The van der Waals surface area contributed by atoms with Crippen LogP contribution in [0.3, 0.4) is 0 Å². The summed E-state index contributed by atoms with van der Waals surface area (Å²) in [6.07, 6.45) is 0. The van der Waals surface area contributed by atoms with Crippen LogP contribution in [0.25, 0.3) is 11.4 Å². The van der Waals surface area contributed by atoms with Crippen molar-refractivity contribution in [1.82, 2.24) is 14.8 Å². The number of hydrogen-bond acceptors (Lipinski definition) is 4. The minimum atomic E-state index is -0.212. The molecule has 6 heteroatoms. The van der Waals surface area contributed by atoms with E-state index in [4.69, 9.17) is 0 Å². The van der Waals surface area contributed by atoms with Crippen molar-refractivity contribution in [1.29, 1.82) is 0 Å². The number of halogens is 1. The molecule has 0 aliphatic carbocycles. The molecule has 130 valence electrons. The molecule has 1 aromatic heterocycles. The highest BCUT2D eigenvalue weighted by atomic mass is 32.2. The summed E-state index contributed by atoms with van der Waals surface area (Å²) < 4.78 is 15.4. The van der Waals surface area contributed by atoms with Gasteiger partial charge in [0.15, 0.2) is 11.0 Å². The molecule has 3 aromatic rings. The average Bonchev–Trinajstić information content (AvgIpc) is 3.03. The molecule has 0 N–H and O–H groups in total. The average molecular weight is 356 g/mol. The van der Waals surface area contributed by atoms with Crippen LogP contribution in [0, 0.1) is 5.82 Å². The fraction of sp³-hybridized carbons (Fsp3) is 0.263. The molecule has 0 aliphatic rings. The first kappa shape index (κ1) is 17.5. The third kappa shape index (κ3) is 4.02. The molecule has 0 bridgehead atoms. The van der Waals surface area contributed by atoms with E-state index in [0.717, 1.165) is 34.3 Å². The van der Waals surface area contributed by atoms with E-state index in [2.05, 4.69) is 38.7 Å². The van der Waals surface area contributed by atoms with E-state index >= 15 is 0 Å². The van der Waals surface area contributed by atoms with Gasteiger partial charge in [0.05, 0.1) is 0 Å². The van der Waals surface area contributed by atoms with Gasteiger partial charge in [0.2, 0.25) is 0 Å². The highest BCUT2D eigenvalue weighted by molar-refractivity contribution is 7.98. The Morgan fingerprint density at radius 1 is 1.08 bits per heavy atom. The molecule has 0 spiro atoms. The molecular weight excluding hydrogens is 335 g/mol. The largest absolute Gasteiger partial charge is 0.378 e. The van der Waals surface area contributed by atoms with Gasteiger partial charge < -0.3 is 9.47 Å². The molecule has 0 aliphatic heterocycles. The zero-order valence-corrected chi connectivity index (χ0v) is 15.4. The number of aromatic nitrogens is 3. The van der Waals surface area contributed by atoms with Gasteiger partial charge in [0, 0.05) is 37.6 Å². The van der Waals surface area contributed by atoms with Gasteiger partial charge in [-0.3, -0.25) is 0 Å². The number of rotatable bonds is 6. The summed E-state index contributed by atoms with van der Waals surface area (Å²) in [5.41, 5.74) is 3.10. The van der Waals surface area contributed by atoms with E-state index in [1.807, 2.05) is 32.3 Å². The van der Waals surface area contributed by atoms with Gasteiger partial charge in [0.1, 0.15) is 5.82 Å². The van der Waals surface area contributed by atoms with E-state index < -0.39 is 0 Å². The molecular formula is C19H21FN4S. The van der Waals surface area contributed by atoms with Crippen LogP contribution in [0.2, 0.25) is 0 Å². The fourth-order valence-electron chi connectivity index (χ4n) is 2.59. The fourth-order valence-corrected chi connectivity index (χ4v) is 3.54. The van der Waals surface area contributed by atoms with Gasteiger partial charge in [-0.1, -0.05) is 36.0 Å². The van der Waals surface area contributed by atoms with E-state index in [9.17, 15) is 4.39 Å². The topological polar surface area (TPSA) is 34.0 Å². The minimum absolute atomic E-state index is 0.212. The molecule has 0 saturated heterocycles. The SMILES string of the molecule is CCn1c(SCc2cccc(F)c2)nnc1-c1cccc(N(C)C)c1. The lowest BCUT2D eigenvalue weighted by Crippen LogP contribution is -2.08. The minimum Gasteiger partial charge on any atom is -0.378 e. The summed E-state index contributed by atoms with van der Waals surface area (Å²) in [6.45, 7) is 2.86. The van der Waals surface area contributed by atoms with Crippen molar-refractivity contribution in [3.63, 3.8) is 0 Å². The first-order valence-electron chi connectivity index (χ1n) is 8.16. The molecule has 25 heavy (non-hydrogen) atoms. The number of nitrogens with zero attached hydrogens (tertiary/aromatic N) is 4. The number of thioether (sulfide) groups is 1. The Morgan fingerprint density at radius 2 is 1.88 bits per heavy atom. The zero-order valence-electron chi connectivity index (χ0n) is 14.6. The lowest BCUT2D eigenvalue weighted by molar-refractivity contribution is 0.626. The Morgan fingerprint density at radius 3 is 2.60 bits per heavy atom. The molecule has 0 radical (unpaired) electrons. The quantitative estimate of drug-likeness (QED) is 0.611. The van der Waals surface area contributed by atoms with Crippen molar-refractivity contribution >= 4 is 17.4 Å². The molecule has 0 unspecified atom stereocenters. The van der Waals surface area contributed by atoms with Crippen LogP contribution in [0.4, 0.5) is 10.1 Å². The Labute approximate surface area is 151 Å². The van der Waals surface area contributed by atoms with Crippen LogP contribution < -0.4 is 4.90 Å². The third-order valence-electron chi connectivity index (χ3n) is 3.91. The molecule has 0 atom stereocenters. The molecule has 0 fully saturated rings. The van der Waals surface area contributed by atoms with Gasteiger partial charge in [-0.05, 0) is 36.8 Å². The van der Waals surface area contributed by atoms with Crippen molar-refractivity contribution in [3.8, 4) is 11.4 Å². The monoisotopic (exact) mass is 356 g/mol. The number of anilines is 1. The summed E-state index contributed by atoms with van der Waals surface area (Å²) in [6, 6.07) is 14.9. The maximum absolute atomic E-state index is 13.3. The second-order valence-corrected chi connectivity index (χ2v) is 6.86. The van der Waals surface area contributed by atoms with Crippen LogP contribution >= 0.6 is 11.8 Å². The zero-order chi connectivity index (χ0) is 17.8. The van der Waals surface area contributed by atoms with Crippen LogP contribution in [0.15, 0.2) is 53.7 Å². The highest BCUT2D eigenvalue weighted by Gasteiger charge is 2.14. The maximum atomic E-state index is 13.3. The summed E-state index contributed by atoms with van der Waals surface area (Å²) >= 11 is 1.57. The Kier molecular flexibility index (Phi) is 5.38. The van der Waals surface area contributed by atoms with Crippen molar-refractivity contribution in [2.24, 2.45) is 0 Å². The molecule has 0 amide bonds. The summed E-state index contributed by atoms with van der Waals surface area (Å²) in [4.78, 5) is 2.07. The maximum Gasteiger partial charge on any atom is 0.191 e. The van der Waals surface area contributed by atoms with Crippen molar-refractivity contribution < 1.29 is 4.39 Å². The summed E-state index contributed by atoms with van der Waals surface area (Å²) in [5, 5.41) is 9.58. The Balaban J connectivity index is 1.85. The van der Waals surface area contributed by atoms with Gasteiger partial charge in [0.25, 0.3) is 0 Å². The first-order valence-corrected chi connectivity index (χ1v) is 9.15. The van der Waals surface area contributed by atoms with E-state index in [-0.39, 0.29) is 5.82 Å². The van der Waals surface area contributed by atoms with Crippen molar-refractivity contribution in [3.05, 3.63) is 59.9 Å². The normalized spacial score (nSPS) is 10.9. The summed E-state index contributed by atoms with van der Waals surface area (Å²) in [5.74, 6) is 1.30. The predicted molar refractivity (Wildman–Crippen MR) is 101 cm³/mol. The van der Waals surface area contributed by atoms with Crippen LogP contribution in [-0.4, -0.2) is 28.9 Å². The summed E-state index contributed by atoms with van der Waals surface area (Å²) in [7, 11) is 4.04. The van der Waals surface area contributed by atoms with Gasteiger partial charge in [-0.15, -0.1) is 10.2 Å². The van der Waals surface area contributed by atoms with E-state index in [0.29, 0.717) is 5.75 Å². The highest BCUT2D eigenvalue weighted by Crippen LogP contribution is 2.28. The first-order chi connectivity index (χ1) is 12.1. The number of benzene rings is 2. The molecule has 2 aromatic carbocycles. The lowest BCUT2D eigenvalue weighted by Gasteiger charge is -2.14. The van der Waals surface area contributed by atoms with Gasteiger partial charge in [-0.25, -0.2) is 4.39 Å². The Bertz CT molecular complexity index is 860. The molecule has 3 rings (SSSR count). The number of hydrogen-bond donors (Lipinski definition) is 0. The van der Waals surface area contributed by atoms with E-state index in [1.54, 1.807) is 23.9 Å². The standard InChI is InChI=1S/C19H21FN4S/c1-4-24-18(15-8-6-10-17(12-15)23(2)3)21-22-19(24)25-13-14-7-5-9-16(20)11-14/h5-12H,4,13H2,1-3H3. The van der Waals surface area contributed by atoms with Gasteiger partial charge in [-0.2, -0.15) is 0 Å². The smallest absolute Gasteiger partial charge is 0.191 e.